The molecule has 4 rings (SSSR count). The quantitative estimate of drug-likeness (QED) is 0.491. The maximum atomic E-state index is 6.37. The minimum Gasteiger partial charge on any atom is -0.122 e. The van der Waals surface area contributed by atoms with E-state index in [9.17, 15) is 0 Å². The van der Waals surface area contributed by atoms with Crippen molar-refractivity contribution in [1.29, 1.82) is 0 Å². The molecule has 0 atom stereocenters. The van der Waals surface area contributed by atoms with Crippen LogP contribution in [0.5, 0.6) is 0 Å². The molecule has 4 bridgehead atoms. The zero-order valence-corrected chi connectivity index (χ0v) is 7.56. The van der Waals surface area contributed by atoms with Crippen LogP contribution in [0.1, 0.15) is 32.1 Å². The van der Waals surface area contributed by atoms with Crippen LogP contribution in [0.25, 0.3) is 0 Å². The molecule has 0 heterocycles. The zero-order valence-electron chi connectivity index (χ0n) is 6.80. The average Bonchev–Trinajstić information content (AvgIpc) is 1.98. The number of hydrogen-bond acceptors (Lipinski definition) is 0. The van der Waals surface area contributed by atoms with E-state index in [4.69, 9.17) is 11.6 Å². The Labute approximate surface area is 73.3 Å². The summed E-state index contributed by atoms with van der Waals surface area (Å²) < 4.78 is 0. The fourth-order valence-electron chi connectivity index (χ4n) is 3.86. The lowest BCUT2D eigenvalue weighted by Crippen LogP contribution is -2.45. The molecule has 0 spiro atoms. The van der Waals surface area contributed by atoms with E-state index in [1.165, 1.54) is 32.1 Å². The summed E-state index contributed by atoms with van der Waals surface area (Å²) in [5, 5.41) is 0.558. The average molecular weight is 171 g/mol. The fraction of sp³-hybridized carbons (Fsp3) is 1.00. The van der Waals surface area contributed by atoms with E-state index in [0.29, 0.717) is 5.38 Å². The Hall–Kier alpha value is 0.290. The molecule has 0 N–H and O–H groups in total. The van der Waals surface area contributed by atoms with Crippen molar-refractivity contribution in [1.82, 2.24) is 0 Å². The minimum absolute atomic E-state index is 0.558. The number of halogens is 1. The van der Waals surface area contributed by atoms with Crippen LogP contribution < -0.4 is 0 Å². The van der Waals surface area contributed by atoms with Gasteiger partial charge in [-0.2, -0.15) is 0 Å². The summed E-state index contributed by atoms with van der Waals surface area (Å²) in [6.45, 7) is 0. The molecular formula is C10H15Cl. The van der Waals surface area contributed by atoms with Crippen LogP contribution in [0, 0.1) is 23.7 Å². The minimum atomic E-state index is 0.558. The monoisotopic (exact) mass is 170 g/mol. The molecule has 4 aliphatic rings. The van der Waals surface area contributed by atoms with Crippen LogP contribution in [0.4, 0.5) is 0 Å². The molecule has 0 aromatic rings. The van der Waals surface area contributed by atoms with Gasteiger partial charge in [0.2, 0.25) is 0 Å². The lowest BCUT2D eigenvalue weighted by atomic mass is 9.56. The number of alkyl halides is 1. The van der Waals surface area contributed by atoms with Gasteiger partial charge in [-0.3, -0.25) is 0 Å². The second-order valence-electron chi connectivity index (χ2n) is 4.88. The number of hydrogen-bond donors (Lipinski definition) is 0. The van der Waals surface area contributed by atoms with Gasteiger partial charge in [-0.15, -0.1) is 11.6 Å². The first kappa shape index (κ1) is 6.77. The van der Waals surface area contributed by atoms with Gasteiger partial charge in [0.05, 0.1) is 0 Å². The van der Waals surface area contributed by atoms with Crippen LogP contribution in [0.15, 0.2) is 0 Å². The molecule has 0 radical (unpaired) electrons. The van der Waals surface area contributed by atoms with Crippen LogP contribution in [0.3, 0.4) is 0 Å². The Morgan fingerprint density at radius 2 is 1.18 bits per heavy atom. The molecule has 0 nitrogen and oxygen atoms in total. The summed E-state index contributed by atoms with van der Waals surface area (Å²) in [5.41, 5.74) is 0. The van der Waals surface area contributed by atoms with E-state index in [1.807, 2.05) is 0 Å². The van der Waals surface area contributed by atoms with E-state index >= 15 is 0 Å². The topological polar surface area (TPSA) is 0 Å². The third-order valence-electron chi connectivity index (χ3n) is 4.11. The molecule has 0 saturated heterocycles. The maximum absolute atomic E-state index is 6.37. The molecule has 0 unspecified atom stereocenters. The lowest BCUT2D eigenvalue weighted by Gasteiger charge is -2.52. The van der Waals surface area contributed by atoms with Gasteiger partial charge in [-0.05, 0) is 55.8 Å². The van der Waals surface area contributed by atoms with Gasteiger partial charge in [0.1, 0.15) is 0 Å². The van der Waals surface area contributed by atoms with Gasteiger partial charge in [-0.1, -0.05) is 0 Å². The standard InChI is InChI=1S/C10H15Cl/c11-10-8-2-6-1-7(4-8)5-9(10)3-6/h6-10H,1-5H2. The van der Waals surface area contributed by atoms with Crippen molar-refractivity contribution in [3.8, 4) is 0 Å². The summed E-state index contributed by atoms with van der Waals surface area (Å²) in [5.74, 6) is 3.97. The molecular weight excluding hydrogens is 156 g/mol. The van der Waals surface area contributed by atoms with Crippen molar-refractivity contribution in [3.63, 3.8) is 0 Å². The highest BCUT2D eigenvalue weighted by Crippen LogP contribution is 2.55. The second-order valence-corrected chi connectivity index (χ2v) is 5.38. The van der Waals surface area contributed by atoms with Crippen LogP contribution in [-0.2, 0) is 0 Å². The molecule has 1 heteroatoms. The summed E-state index contributed by atoms with van der Waals surface area (Å²) in [7, 11) is 0. The first-order valence-electron chi connectivity index (χ1n) is 4.97. The highest BCUT2D eigenvalue weighted by molar-refractivity contribution is 6.21. The Morgan fingerprint density at radius 1 is 0.727 bits per heavy atom. The van der Waals surface area contributed by atoms with Crippen LogP contribution >= 0.6 is 11.6 Å². The third-order valence-corrected chi connectivity index (χ3v) is 4.82. The molecule has 4 saturated carbocycles. The largest absolute Gasteiger partial charge is 0.122 e. The van der Waals surface area contributed by atoms with Gasteiger partial charge >= 0.3 is 0 Å². The van der Waals surface area contributed by atoms with Gasteiger partial charge < -0.3 is 0 Å². The predicted molar refractivity (Wildman–Crippen MR) is 46.7 cm³/mol. The number of rotatable bonds is 0. The SMILES string of the molecule is ClC1C2CC3CC(C2)CC1C3. The maximum Gasteiger partial charge on any atom is 0.0392 e. The first-order valence-corrected chi connectivity index (χ1v) is 5.40. The fourth-order valence-corrected chi connectivity index (χ4v) is 4.27. The van der Waals surface area contributed by atoms with E-state index in [1.54, 1.807) is 0 Å². The smallest absolute Gasteiger partial charge is 0.0392 e. The van der Waals surface area contributed by atoms with Crippen LogP contribution in [-0.4, -0.2) is 5.38 Å². The Morgan fingerprint density at radius 3 is 1.64 bits per heavy atom. The molecule has 0 amide bonds. The summed E-state index contributed by atoms with van der Waals surface area (Å²) >= 11 is 6.37. The van der Waals surface area contributed by atoms with Gasteiger partial charge in [0.15, 0.2) is 0 Å². The van der Waals surface area contributed by atoms with E-state index in [0.717, 1.165) is 23.7 Å². The molecule has 4 aliphatic carbocycles. The van der Waals surface area contributed by atoms with Crippen molar-refractivity contribution in [2.45, 2.75) is 37.5 Å². The van der Waals surface area contributed by atoms with Crippen molar-refractivity contribution in [3.05, 3.63) is 0 Å². The first-order chi connectivity index (χ1) is 5.33. The molecule has 0 aromatic heterocycles. The van der Waals surface area contributed by atoms with E-state index in [-0.39, 0.29) is 0 Å². The highest BCUT2D eigenvalue weighted by atomic mass is 35.5. The summed E-state index contributed by atoms with van der Waals surface area (Å²) in [6.07, 6.45) is 7.38. The predicted octanol–water partition coefficient (Wildman–Crippen LogP) is 3.05. The molecule has 0 aromatic carbocycles. The summed E-state index contributed by atoms with van der Waals surface area (Å²) in [6, 6.07) is 0. The Bertz CT molecular complexity index is 148. The third kappa shape index (κ3) is 0.884. The molecule has 0 aliphatic heterocycles. The van der Waals surface area contributed by atoms with E-state index in [2.05, 4.69) is 0 Å². The Kier molecular flexibility index (Phi) is 1.33. The van der Waals surface area contributed by atoms with Crippen molar-refractivity contribution in [2.75, 3.05) is 0 Å². The van der Waals surface area contributed by atoms with Gasteiger partial charge in [0.25, 0.3) is 0 Å². The summed E-state index contributed by atoms with van der Waals surface area (Å²) in [4.78, 5) is 0. The molecule has 11 heavy (non-hydrogen) atoms. The van der Waals surface area contributed by atoms with Crippen molar-refractivity contribution < 1.29 is 0 Å². The normalized spacial score (nSPS) is 60.3. The zero-order chi connectivity index (χ0) is 7.42. The molecule has 62 valence electrons. The van der Waals surface area contributed by atoms with Crippen molar-refractivity contribution >= 4 is 11.6 Å². The van der Waals surface area contributed by atoms with Gasteiger partial charge in [0, 0.05) is 5.38 Å². The van der Waals surface area contributed by atoms with Gasteiger partial charge in [-0.25, -0.2) is 0 Å². The van der Waals surface area contributed by atoms with E-state index < -0.39 is 0 Å². The second kappa shape index (κ2) is 2.16. The van der Waals surface area contributed by atoms with Crippen LogP contribution in [0.2, 0.25) is 0 Å². The highest BCUT2D eigenvalue weighted by Gasteiger charge is 2.47. The lowest BCUT2D eigenvalue weighted by molar-refractivity contribution is 0.0243. The Balaban J connectivity index is 1.91. The molecule has 4 fully saturated rings. The van der Waals surface area contributed by atoms with Crippen molar-refractivity contribution in [2.24, 2.45) is 23.7 Å².